The molecule has 3 rings (SSSR count). The average molecular weight is 432 g/mol. The van der Waals surface area contributed by atoms with Crippen LogP contribution < -0.4 is 4.90 Å². The molecule has 9 nitrogen and oxygen atoms in total. The highest BCUT2D eigenvalue weighted by atomic mass is 32.2. The van der Waals surface area contributed by atoms with Crippen LogP contribution in [-0.2, 0) is 23.6 Å². The third kappa shape index (κ3) is 3.88. The van der Waals surface area contributed by atoms with Crippen LogP contribution >= 0.6 is 0 Å². The largest absolute Gasteiger partial charge is 0.362 e. The lowest BCUT2D eigenvalue weighted by Crippen LogP contribution is -2.30. The fraction of sp³-hybridized carbons (Fsp3) is 0.350. The molecule has 0 aliphatic heterocycles. The van der Waals surface area contributed by atoms with Crippen molar-refractivity contribution < 1.29 is 13.3 Å². The van der Waals surface area contributed by atoms with Gasteiger partial charge in [0.15, 0.2) is 0 Å². The van der Waals surface area contributed by atoms with Crippen LogP contribution in [0.15, 0.2) is 47.4 Å². The molecule has 0 aliphatic carbocycles. The molecule has 1 heterocycles. The van der Waals surface area contributed by atoms with E-state index in [0.717, 1.165) is 22.9 Å². The highest BCUT2D eigenvalue weighted by molar-refractivity contribution is 7.89. The number of aryl methyl sites for hydroxylation is 1. The van der Waals surface area contributed by atoms with Crippen molar-refractivity contribution in [3.63, 3.8) is 0 Å². The summed E-state index contributed by atoms with van der Waals surface area (Å²) in [6, 6.07) is 11.7. The van der Waals surface area contributed by atoms with Crippen molar-refractivity contribution in [2.75, 3.05) is 25.0 Å². The predicted molar refractivity (Wildman–Crippen MR) is 116 cm³/mol. The van der Waals surface area contributed by atoms with E-state index in [1.807, 2.05) is 35.9 Å². The third-order valence-corrected chi connectivity index (χ3v) is 7.20. The topological polar surface area (TPSA) is 102 Å². The Labute approximate surface area is 175 Å². The lowest BCUT2D eigenvalue weighted by molar-refractivity contribution is -0.384. The molecule has 160 valence electrons. The van der Waals surface area contributed by atoms with Gasteiger partial charge in [0, 0.05) is 33.3 Å². The second kappa shape index (κ2) is 8.41. The Morgan fingerprint density at radius 3 is 2.40 bits per heavy atom. The van der Waals surface area contributed by atoms with Crippen molar-refractivity contribution in [3.05, 3.63) is 58.4 Å². The molecule has 1 aromatic heterocycles. The summed E-state index contributed by atoms with van der Waals surface area (Å²) in [6.45, 7) is 4.37. The van der Waals surface area contributed by atoms with Gasteiger partial charge in [0.05, 0.1) is 27.4 Å². The third-order valence-electron chi connectivity index (χ3n) is 5.16. The summed E-state index contributed by atoms with van der Waals surface area (Å²) in [5.41, 5.74) is 1.88. The van der Waals surface area contributed by atoms with Crippen molar-refractivity contribution in [2.24, 2.45) is 7.05 Å². The van der Waals surface area contributed by atoms with Gasteiger partial charge in [-0.1, -0.05) is 26.0 Å². The number of hydrogen-bond donors (Lipinski definition) is 0. The molecule has 0 saturated carbocycles. The number of benzene rings is 2. The maximum absolute atomic E-state index is 12.8. The molecule has 0 saturated heterocycles. The first-order valence-corrected chi connectivity index (χ1v) is 11.0. The van der Waals surface area contributed by atoms with E-state index in [4.69, 9.17) is 0 Å². The molecular weight excluding hydrogens is 406 g/mol. The van der Waals surface area contributed by atoms with Gasteiger partial charge in [-0.15, -0.1) is 0 Å². The number of aromatic nitrogens is 2. The maximum atomic E-state index is 12.8. The Kier molecular flexibility index (Phi) is 6.09. The zero-order chi connectivity index (χ0) is 22.1. The van der Waals surface area contributed by atoms with Gasteiger partial charge in [-0.05, 0) is 24.3 Å². The molecule has 0 N–H and O–H groups in total. The predicted octanol–water partition coefficient (Wildman–Crippen LogP) is 3.15. The van der Waals surface area contributed by atoms with Gasteiger partial charge < -0.3 is 9.47 Å². The van der Waals surface area contributed by atoms with Crippen LogP contribution in [0.5, 0.6) is 0 Å². The summed E-state index contributed by atoms with van der Waals surface area (Å²) in [5.74, 6) is 0.743. The zero-order valence-corrected chi connectivity index (χ0v) is 18.3. The summed E-state index contributed by atoms with van der Waals surface area (Å²) in [6.07, 6.45) is 0. The molecule has 0 unspecified atom stereocenters. The van der Waals surface area contributed by atoms with Crippen LogP contribution in [0.25, 0.3) is 11.0 Å². The van der Waals surface area contributed by atoms with E-state index in [1.165, 1.54) is 16.4 Å². The van der Waals surface area contributed by atoms with Gasteiger partial charge in [-0.3, -0.25) is 10.1 Å². The Balaban J connectivity index is 1.98. The van der Waals surface area contributed by atoms with E-state index in [2.05, 4.69) is 4.98 Å². The Morgan fingerprint density at radius 2 is 1.80 bits per heavy atom. The first kappa shape index (κ1) is 21.7. The second-order valence-electron chi connectivity index (χ2n) is 6.93. The first-order chi connectivity index (χ1) is 14.2. The van der Waals surface area contributed by atoms with E-state index < -0.39 is 14.9 Å². The van der Waals surface area contributed by atoms with E-state index in [1.54, 1.807) is 25.8 Å². The summed E-state index contributed by atoms with van der Waals surface area (Å²) in [5, 5.41) is 11.7. The highest BCUT2D eigenvalue weighted by Crippen LogP contribution is 2.32. The zero-order valence-electron chi connectivity index (χ0n) is 17.4. The van der Waals surface area contributed by atoms with Crippen molar-refractivity contribution in [1.82, 2.24) is 13.9 Å². The van der Waals surface area contributed by atoms with E-state index in [9.17, 15) is 18.5 Å². The molecule has 0 bridgehead atoms. The number of anilines is 1. The molecule has 30 heavy (non-hydrogen) atoms. The number of imidazole rings is 1. The van der Waals surface area contributed by atoms with Crippen molar-refractivity contribution in [3.8, 4) is 0 Å². The SMILES string of the molecule is CCN(CC)S(=O)(=O)c1ccc(N(C)Cc2nc3ccccc3n2C)c([N+](=O)[O-])c1. The molecular formula is C20H25N5O4S. The minimum absolute atomic E-state index is 0.0854. The Hall–Kier alpha value is -2.98. The minimum Gasteiger partial charge on any atom is -0.362 e. The number of rotatable bonds is 8. The summed E-state index contributed by atoms with van der Waals surface area (Å²) in [4.78, 5) is 17.4. The molecule has 0 atom stereocenters. The molecule has 0 amide bonds. The van der Waals surface area contributed by atoms with Gasteiger partial charge in [-0.25, -0.2) is 13.4 Å². The summed E-state index contributed by atoms with van der Waals surface area (Å²) in [7, 11) is -0.171. The normalized spacial score (nSPS) is 11.9. The van der Waals surface area contributed by atoms with Crippen molar-refractivity contribution in [1.29, 1.82) is 0 Å². The minimum atomic E-state index is -3.79. The van der Waals surface area contributed by atoms with Crippen LogP contribution in [0.4, 0.5) is 11.4 Å². The quantitative estimate of drug-likeness (QED) is 0.401. The van der Waals surface area contributed by atoms with E-state index in [0.29, 0.717) is 25.3 Å². The van der Waals surface area contributed by atoms with Gasteiger partial charge in [0.2, 0.25) is 10.0 Å². The number of hydrogen-bond acceptors (Lipinski definition) is 6. The van der Waals surface area contributed by atoms with Crippen molar-refractivity contribution in [2.45, 2.75) is 25.3 Å². The fourth-order valence-electron chi connectivity index (χ4n) is 3.48. The first-order valence-electron chi connectivity index (χ1n) is 9.60. The molecule has 10 heteroatoms. The molecule has 0 radical (unpaired) electrons. The van der Waals surface area contributed by atoms with Gasteiger partial charge in [-0.2, -0.15) is 4.31 Å². The smallest absolute Gasteiger partial charge is 0.293 e. The van der Waals surface area contributed by atoms with Crippen LogP contribution in [0.2, 0.25) is 0 Å². The van der Waals surface area contributed by atoms with Gasteiger partial charge in [0.25, 0.3) is 5.69 Å². The molecule has 0 fully saturated rings. The van der Waals surface area contributed by atoms with Crippen LogP contribution in [0.1, 0.15) is 19.7 Å². The van der Waals surface area contributed by atoms with Crippen LogP contribution in [0, 0.1) is 10.1 Å². The number of nitro groups is 1. The van der Waals surface area contributed by atoms with Crippen LogP contribution in [0.3, 0.4) is 0 Å². The lowest BCUT2D eigenvalue weighted by Gasteiger charge is -2.21. The number of sulfonamides is 1. The van der Waals surface area contributed by atoms with Gasteiger partial charge >= 0.3 is 0 Å². The Morgan fingerprint density at radius 1 is 1.13 bits per heavy atom. The number of nitrogens with zero attached hydrogens (tertiary/aromatic N) is 5. The average Bonchev–Trinajstić information content (AvgIpc) is 3.03. The van der Waals surface area contributed by atoms with Crippen LogP contribution in [-0.4, -0.2) is 47.3 Å². The fourth-order valence-corrected chi connectivity index (χ4v) is 4.96. The monoisotopic (exact) mass is 431 g/mol. The molecule has 0 spiro atoms. The number of nitro benzene ring substituents is 1. The summed E-state index contributed by atoms with van der Waals surface area (Å²) >= 11 is 0. The van der Waals surface area contributed by atoms with Crippen molar-refractivity contribution >= 4 is 32.4 Å². The van der Waals surface area contributed by atoms with Gasteiger partial charge in [0.1, 0.15) is 11.5 Å². The molecule has 3 aromatic rings. The molecule has 0 aliphatic rings. The Bertz CT molecular complexity index is 1190. The highest BCUT2D eigenvalue weighted by Gasteiger charge is 2.27. The number of fused-ring (bicyclic) bond motifs is 1. The molecule has 2 aromatic carbocycles. The lowest BCUT2D eigenvalue weighted by atomic mass is 10.2. The van der Waals surface area contributed by atoms with E-state index >= 15 is 0 Å². The van der Waals surface area contributed by atoms with E-state index in [-0.39, 0.29) is 10.6 Å². The number of para-hydroxylation sites is 2. The maximum Gasteiger partial charge on any atom is 0.293 e. The standard InChI is InChI=1S/C20H25N5O4S/c1-5-24(6-2)30(28,29)15-11-12-18(19(13-15)25(26)27)22(3)14-20-21-16-9-7-8-10-17(16)23(20)4/h7-13H,5-6,14H2,1-4H3. The summed E-state index contributed by atoms with van der Waals surface area (Å²) < 4.78 is 28.7. The second-order valence-corrected chi connectivity index (χ2v) is 8.87.